The van der Waals surface area contributed by atoms with Gasteiger partial charge in [-0.05, 0) is 12.1 Å². The molecule has 5 N–H and O–H groups in total. The van der Waals surface area contributed by atoms with Gasteiger partial charge in [0.15, 0.2) is 5.82 Å². The topological polar surface area (TPSA) is 129 Å². The highest BCUT2D eigenvalue weighted by Crippen LogP contribution is 2.44. The summed E-state index contributed by atoms with van der Waals surface area (Å²) in [4.78, 5) is 4.23. The van der Waals surface area contributed by atoms with Gasteiger partial charge in [0, 0.05) is 0 Å². The molecule has 8 nitrogen and oxygen atoms in total. The van der Waals surface area contributed by atoms with Crippen molar-refractivity contribution in [1.29, 1.82) is 0 Å². The molecule has 2 aliphatic heterocycles. The number of hydrogen-bond acceptors (Lipinski definition) is 9. The fraction of sp³-hybridized carbons (Fsp3) is 0. The van der Waals surface area contributed by atoms with Crippen LogP contribution in [0.1, 0.15) is 0 Å². The second-order valence-electron chi connectivity index (χ2n) is 4.02. The van der Waals surface area contributed by atoms with Gasteiger partial charge < -0.3 is 14.6 Å². The molecule has 0 saturated heterocycles. The zero-order valence-electron chi connectivity index (χ0n) is 9.95. The summed E-state index contributed by atoms with van der Waals surface area (Å²) in [5, 5.41) is 8.27. The molecule has 2 aromatic heterocycles. The van der Waals surface area contributed by atoms with E-state index < -0.39 is 0 Å². The van der Waals surface area contributed by atoms with Crippen molar-refractivity contribution in [3.05, 3.63) is 18.4 Å². The SMILES string of the molecule is NNc1nc2oc3nnc(N)c-3c(-c3ccco3)c2s1. The molecule has 4 heterocycles. The molecule has 0 amide bonds. The lowest BCUT2D eigenvalue weighted by Crippen LogP contribution is -2.05. The van der Waals surface area contributed by atoms with Gasteiger partial charge >= 0.3 is 0 Å². The number of nitrogens with one attached hydrogen (secondary N) is 1. The largest absolute Gasteiger partial charge is 0.464 e. The number of nitrogen functional groups attached to an aromatic ring is 2. The van der Waals surface area contributed by atoms with Gasteiger partial charge in [0.2, 0.25) is 10.8 Å². The second-order valence-corrected chi connectivity index (χ2v) is 5.02. The molecule has 0 fully saturated rings. The first-order chi connectivity index (χ1) is 9.78. The van der Waals surface area contributed by atoms with E-state index in [1.165, 1.54) is 11.3 Å². The average molecular weight is 288 g/mol. The van der Waals surface area contributed by atoms with E-state index in [1.54, 1.807) is 12.3 Å². The minimum atomic E-state index is 0.285. The van der Waals surface area contributed by atoms with E-state index in [1.807, 2.05) is 6.07 Å². The third kappa shape index (κ3) is 1.41. The number of rotatable bonds is 2. The van der Waals surface area contributed by atoms with E-state index in [9.17, 15) is 0 Å². The van der Waals surface area contributed by atoms with Crippen LogP contribution in [0.4, 0.5) is 10.9 Å². The fourth-order valence-electron chi connectivity index (χ4n) is 2.07. The summed E-state index contributed by atoms with van der Waals surface area (Å²) >= 11 is 1.34. The van der Waals surface area contributed by atoms with Crippen LogP contribution < -0.4 is 17.0 Å². The molecule has 0 unspecified atom stereocenters. The summed E-state index contributed by atoms with van der Waals surface area (Å²) in [6, 6.07) is 3.62. The highest BCUT2D eigenvalue weighted by atomic mass is 32.1. The Morgan fingerprint density at radius 1 is 1.25 bits per heavy atom. The molecule has 0 radical (unpaired) electrons. The van der Waals surface area contributed by atoms with E-state index >= 15 is 0 Å². The summed E-state index contributed by atoms with van der Waals surface area (Å²) in [7, 11) is 0. The maximum Gasteiger partial charge on any atom is 0.252 e. The number of nitrogens with two attached hydrogens (primary N) is 2. The van der Waals surface area contributed by atoms with Crippen molar-refractivity contribution < 1.29 is 8.83 Å². The first-order valence-corrected chi connectivity index (χ1v) is 6.45. The van der Waals surface area contributed by atoms with Crippen molar-refractivity contribution in [2.45, 2.75) is 0 Å². The zero-order chi connectivity index (χ0) is 13.7. The van der Waals surface area contributed by atoms with Crippen molar-refractivity contribution in [2.24, 2.45) is 5.84 Å². The van der Waals surface area contributed by atoms with Crippen LogP contribution >= 0.6 is 11.3 Å². The summed E-state index contributed by atoms with van der Waals surface area (Å²) in [5.74, 6) is 6.64. The number of nitrogens with zero attached hydrogens (tertiary/aromatic N) is 3. The minimum absolute atomic E-state index is 0.285. The van der Waals surface area contributed by atoms with E-state index in [-0.39, 0.29) is 5.82 Å². The van der Waals surface area contributed by atoms with Crippen LogP contribution in [-0.4, -0.2) is 15.2 Å². The maximum absolute atomic E-state index is 5.88. The van der Waals surface area contributed by atoms with Crippen LogP contribution in [-0.2, 0) is 0 Å². The van der Waals surface area contributed by atoms with Gasteiger partial charge in [-0.3, -0.25) is 5.43 Å². The predicted octanol–water partition coefficient (Wildman–Crippen LogP) is 1.91. The number of anilines is 2. The van der Waals surface area contributed by atoms with Crippen LogP contribution in [0.5, 0.6) is 0 Å². The smallest absolute Gasteiger partial charge is 0.252 e. The summed E-state index contributed by atoms with van der Waals surface area (Å²) in [6.07, 6.45) is 1.58. The monoisotopic (exact) mass is 288 g/mol. The van der Waals surface area contributed by atoms with Gasteiger partial charge in [0.25, 0.3) is 5.89 Å². The predicted molar refractivity (Wildman–Crippen MR) is 74.0 cm³/mol. The number of fused-ring (bicyclic) bond motifs is 2. The molecule has 0 atom stereocenters. The number of thiazole rings is 1. The molecule has 0 aliphatic carbocycles. The van der Waals surface area contributed by atoms with E-state index in [0.29, 0.717) is 28.1 Å². The Hall–Kier alpha value is -2.65. The van der Waals surface area contributed by atoms with Crippen LogP contribution in [0.3, 0.4) is 0 Å². The molecule has 2 aromatic rings. The third-order valence-corrected chi connectivity index (χ3v) is 3.86. The van der Waals surface area contributed by atoms with E-state index in [0.717, 1.165) is 10.3 Å². The molecular formula is C11H8N6O2S. The number of furan rings is 1. The van der Waals surface area contributed by atoms with Gasteiger partial charge in [-0.1, -0.05) is 11.3 Å². The first kappa shape index (κ1) is 11.2. The van der Waals surface area contributed by atoms with Crippen molar-refractivity contribution in [3.8, 4) is 22.8 Å². The zero-order valence-corrected chi connectivity index (χ0v) is 10.8. The Kier molecular flexibility index (Phi) is 2.20. The highest BCUT2D eigenvalue weighted by Gasteiger charge is 2.26. The van der Waals surface area contributed by atoms with Crippen LogP contribution in [0.25, 0.3) is 33.2 Å². The Bertz CT molecular complexity index is 865. The average Bonchev–Trinajstić information content (AvgIpc) is 3.16. The van der Waals surface area contributed by atoms with Crippen molar-refractivity contribution in [3.63, 3.8) is 0 Å². The Morgan fingerprint density at radius 3 is 2.90 bits per heavy atom. The van der Waals surface area contributed by atoms with Gasteiger partial charge in [-0.15, -0.1) is 10.2 Å². The lowest BCUT2D eigenvalue weighted by atomic mass is 10.1. The molecule has 0 aromatic carbocycles. The Labute approximate surface area is 115 Å². The lowest BCUT2D eigenvalue weighted by Gasteiger charge is -2.04. The van der Waals surface area contributed by atoms with Crippen LogP contribution in [0.2, 0.25) is 0 Å². The van der Waals surface area contributed by atoms with Gasteiger partial charge in [-0.2, -0.15) is 4.98 Å². The summed E-state index contributed by atoms with van der Waals surface area (Å²) in [5.41, 5.74) is 10.2. The third-order valence-electron chi connectivity index (χ3n) is 2.88. The van der Waals surface area contributed by atoms with Gasteiger partial charge in [0.05, 0.1) is 17.4 Å². The van der Waals surface area contributed by atoms with E-state index in [2.05, 4.69) is 20.6 Å². The summed E-state index contributed by atoms with van der Waals surface area (Å²) < 4.78 is 11.8. The first-order valence-electron chi connectivity index (χ1n) is 5.63. The van der Waals surface area contributed by atoms with Gasteiger partial charge in [-0.25, -0.2) is 5.84 Å². The molecule has 100 valence electrons. The molecule has 0 spiro atoms. The highest BCUT2D eigenvalue weighted by molar-refractivity contribution is 7.22. The van der Waals surface area contributed by atoms with Crippen molar-refractivity contribution in [2.75, 3.05) is 11.2 Å². The maximum atomic E-state index is 5.88. The number of hydrogen-bond donors (Lipinski definition) is 3. The van der Waals surface area contributed by atoms with Crippen LogP contribution in [0.15, 0.2) is 27.2 Å². The molecule has 2 aliphatic rings. The minimum Gasteiger partial charge on any atom is -0.464 e. The van der Waals surface area contributed by atoms with Crippen molar-refractivity contribution in [1.82, 2.24) is 15.2 Å². The Balaban J connectivity index is 2.19. The normalized spacial score (nSPS) is 11.4. The van der Waals surface area contributed by atoms with Gasteiger partial charge in [0.1, 0.15) is 10.5 Å². The molecule has 0 bridgehead atoms. The molecule has 4 rings (SSSR count). The lowest BCUT2D eigenvalue weighted by molar-refractivity contribution is 0.575. The summed E-state index contributed by atoms with van der Waals surface area (Å²) in [6.45, 7) is 0. The van der Waals surface area contributed by atoms with E-state index in [4.69, 9.17) is 20.4 Å². The molecular weight excluding hydrogens is 280 g/mol. The second kappa shape index (κ2) is 3.92. The van der Waals surface area contributed by atoms with Crippen molar-refractivity contribution >= 4 is 32.7 Å². The Morgan fingerprint density at radius 2 is 2.15 bits per heavy atom. The standard InChI is InChI=1S/C11H8N6O2S/c12-8-6-5(4-2-1-3-18-4)7-10(14-11(15-13)20-7)19-9(6)17-16-8/h1-3H,13H2,(H2,12,16)(H,14,15). The quantitative estimate of drug-likeness (QED) is 0.377. The number of hydrazine groups is 1. The number of aromatic nitrogens is 3. The molecule has 9 heteroatoms. The molecule has 0 saturated carbocycles. The van der Waals surface area contributed by atoms with Crippen LogP contribution in [0, 0.1) is 0 Å². The molecule has 20 heavy (non-hydrogen) atoms. The fourth-order valence-corrected chi connectivity index (χ4v) is 2.93.